The molecule has 0 saturated heterocycles. The smallest absolute Gasteiger partial charge is 0.481 e. The molecule has 0 aliphatic heterocycles. The molecule has 0 rings (SSSR count). The molecule has 0 radical (unpaired) electrons. The fourth-order valence-corrected chi connectivity index (χ4v) is 0.219. The molecule has 0 aromatic carbocycles. The summed E-state index contributed by atoms with van der Waals surface area (Å²) in [7, 11) is 0. The van der Waals surface area contributed by atoms with E-state index in [1.165, 1.54) is 0 Å². The largest absolute Gasteiger partial charge is 0.503 e. The molecule has 3 N–H and O–H groups in total. The third-order valence-electron chi connectivity index (χ3n) is 0.528. The van der Waals surface area contributed by atoms with Crippen molar-refractivity contribution in [2.45, 2.75) is 13.3 Å². The number of carboxylic acid groups (broad SMARTS) is 3. The zero-order chi connectivity index (χ0) is 9.28. The summed E-state index contributed by atoms with van der Waals surface area (Å²) in [6, 6.07) is 0. The summed E-state index contributed by atoms with van der Waals surface area (Å²) >= 11 is 0. The summed E-state index contributed by atoms with van der Waals surface area (Å²) in [6.45, 7) is 1.79. The van der Waals surface area contributed by atoms with Crippen LogP contribution < -0.4 is 0 Å². The number of carboxylic acids is 1. The molecule has 0 atom stereocenters. The molecule has 0 bridgehead atoms. The molecule has 0 aromatic rings. The molecule has 11 heavy (non-hydrogen) atoms. The Bertz CT molecular complexity index is 145. The van der Waals surface area contributed by atoms with Crippen LogP contribution in [0.5, 0.6) is 0 Å². The van der Waals surface area contributed by atoms with Crippen molar-refractivity contribution in [2.75, 3.05) is 0 Å². The number of hydrogen-bond donors (Lipinski definition) is 3. The van der Waals surface area contributed by atoms with Crippen LogP contribution in [0.2, 0.25) is 0 Å². The number of carbonyl (C=O) groups is 2. The number of allylic oxidation sites excluding steroid dienone is 1. The van der Waals surface area contributed by atoms with Gasteiger partial charge in [-0.2, -0.15) is 0 Å². The van der Waals surface area contributed by atoms with Crippen LogP contribution in [0.1, 0.15) is 13.3 Å². The quantitative estimate of drug-likeness (QED) is 0.531. The van der Waals surface area contributed by atoms with Crippen LogP contribution in [0, 0.1) is 0 Å². The molecule has 5 nitrogen and oxygen atoms in total. The number of aliphatic carboxylic acids is 1. The third kappa shape index (κ3) is 57.9. The van der Waals surface area contributed by atoms with E-state index in [1.54, 1.807) is 19.1 Å². The second-order valence-electron chi connectivity index (χ2n) is 1.45. The highest BCUT2D eigenvalue weighted by atomic mass is 16.6. The van der Waals surface area contributed by atoms with E-state index in [4.69, 9.17) is 20.1 Å². The first kappa shape index (κ1) is 12.2. The monoisotopic (exact) mass is 162 g/mol. The maximum Gasteiger partial charge on any atom is 0.503 e. The first-order chi connectivity index (χ1) is 5.00. The van der Waals surface area contributed by atoms with Crippen molar-refractivity contribution >= 4 is 12.1 Å². The Balaban J connectivity index is 0. The van der Waals surface area contributed by atoms with Gasteiger partial charge in [0.2, 0.25) is 0 Å². The van der Waals surface area contributed by atoms with Gasteiger partial charge in [0.05, 0.1) is 6.42 Å². The van der Waals surface area contributed by atoms with Gasteiger partial charge in [0.15, 0.2) is 0 Å². The van der Waals surface area contributed by atoms with Crippen molar-refractivity contribution in [3.8, 4) is 0 Å². The maximum atomic E-state index is 9.71. The number of rotatable bonds is 2. The van der Waals surface area contributed by atoms with E-state index < -0.39 is 12.1 Å². The average Bonchev–Trinajstić information content (AvgIpc) is 1.82. The molecule has 0 amide bonds. The Morgan fingerprint density at radius 1 is 1.27 bits per heavy atom. The highest BCUT2D eigenvalue weighted by Gasteiger charge is 1.85. The number of hydrogen-bond acceptors (Lipinski definition) is 2. The molecule has 0 heterocycles. The van der Waals surface area contributed by atoms with Gasteiger partial charge in [-0.1, -0.05) is 12.2 Å². The highest BCUT2D eigenvalue weighted by Crippen LogP contribution is 1.79. The second kappa shape index (κ2) is 8.48. The predicted octanol–water partition coefficient (Wildman–Crippen LogP) is 1.26. The fraction of sp³-hybridized carbons (Fsp3) is 0.333. The summed E-state index contributed by atoms with van der Waals surface area (Å²) in [6.07, 6.45) is 1.62. The van der Waals surface area contributed by atoms with E-state index in [0.29, 0.717) is 0 Å². The van der Waals surface area contributed by atoms with Crippen LogP contribution in [0.15, 0.2) is 12.2 Å². The molecular weight excluding hydrogens is 152 g/mol. The molecule has 0 aromatic heterocycles. The minimum absolute atomic E-state index is 0.135. The Kier molecular flexibility index (Phi) is 9.39. The van der Waals surface area contributed by atoms with Gasteiger partial charge in [-0.25, -0.2) is 4.79 Å². The summed E-state index contributed by atoms with van der Waals surface area (Å²) < 4.78 is 0. The molecular formula is C6H10O5. The molecule has 0 saturated carbocycles. The summed E-state index contributed by atoms with van der Waals surface area (Å²) in [5.74, 6) is -0.780. The normalized spacial score (nSPS) is 8.45. The first-order valence-electron chi connectivity index (χ1n) is 2.75. The van der Waals surface area contributed by atoms with Crippen molar-refractivity contribution in [1.82, 2.24) is 0 Å². The minimum Gasteiger partial charge on any atom is -0.481 e. The lowest BCUT2D eigenvalue weighted by atomic mass is 10.4. The van der Waals surface area contributed by atoms with E-state index in [2.05, 4.69) is 0 Å². The Labute approximate surface area is 63.6 Å². The summed E-state index contributed by atoms with van der Waals surface area (Å²) in [5.41, 5.74) is 0. The Hall–Kier alpha value is -1.52. The van der Waals surface area contributed by atoms with Crippen LogP contribution >= 0.6 is 0 Å². The van der Waals surface area contributed by atoms with Crippen LogP contribution in [-0.2, 0) is 4.79 Å². The van der Waals surface area contributed by atoms with Crippen LogP contribution in [-0.4, -0.2) is 27.4 Å². The lowest BCUT2D eigenvalue weighted by Gasteiger charge is -1.77. The lowest BCUT2D eigenvalue weighted by Crippen LogP contribution is -1.88. The zero-order valence-electron chi connectivity index (χ0n) is 6.02. The maximum absolute atomic E-state index is 9.71. The van der Waals surface area contributed by atoms with Crippen molar-refractivity contribution < 1.29 is 24.9 Å². The van der Waals surface area contributed by atoms with E-state index in [1.807, 2.05) is 0 Å². The van der Waals surface area contributed by atoms with Gasteiger partial charge >= 0.3 is 12.1 Å². The van der Waals surface area contributed by atoms with Crippen molar-refractivity contribution in [1.29, 1.82) is 0 Å². The summed E-state index contributed by atoms with van der Waals surface area (Å²) in [4.78, 5) is 18.3. The molecule has 0 aliphatic carbocycles. The van der Waals surface area contributed by atoms with Gasteiger partial charge < -0.3 is 15.3 Å². The molecule has 0 fully saturated rings. The van der Waals surface area contributed by atoms with Crippen molar-refractivity contribution in [3.05, 3.63) is 12.2 Å². The fourth-order valence-electron chi connectivity index (χ4n) is 0.219. The average molecular weight is 162 g/mol. The van der Waals surface area contributed by atoms with Gasteiger partial charge in [-0.05, 0) is 6.92 Å². The van der Waals surface area contributed by atoms with E-state index in [-0.39, 0.29) is 6.42 Å². The Morgan fingerprint density at radius 2 is 1.64 bits per heavy atom. The lowest BCUT2D eigenvalue weighted by molar-refractivity contribution is -0.136. The van der Waals surface area contributed by atoms with Gasteiger partial charge in [-0.15, -0.1) is 0 Å². The topological polar surface area (TPSA) is 94.8 Å². The predicted molar refractivity (Wildman–Crippen MR) is 37.7 cm³/mol. The summed E-state index contributed by atoms with van der Waals surface area (Å²) in [5, 5.41) is 21.9. The SMILES string of the molecule is C/C=C\CC(=O)O.O=C(O)O. The standard InChI is InChI=1S/C5H8O2.CH2O3/c1-2-3-4-5(6)7;2-1(3)4/h2-3H,4H2,1H3,(H,6,7);(H2,2,3,4)/b3-2-;. The highest BCUT2D eigenvalue weighted by molar-refractivity contribution is 5.68. The molecule has 64 valence electrons. The van der Waals surface area contributed by atoms with E-state index in [0.717, 1.165) is 0 Å². The second-order valence-corrected chi connectivity index (χ2v) is 1.45. The first-order valence-corrected chi connectivity index (χ1v) is 2.75. The van der Waals surface area contributed by atoms with E-state index in [9.17, 15) is 4.79 Å². The van der Waals surface area contributed by atoms with Gasteiger partial charge in [0, 0.05) is 0 Å². The van der Waals surface area contributed by atoms with Crippen molar-refractivity contribution in [3.63, 3.8) is 0 Å². The van der Waals surface area contributed by atoms with Crippen LogP contribution in [0.3, 0.4) is 0 Å². The molecule has 0 aliphatic rings. The Morgan fingerprint density at radius 3 is 1.73 bits per heavy atom. The molecule has 0 unspecified atom stereocenters. The third-order valence-corrected chi connectivity index (χ3v) is 0.528. The zero-order valence-corrected chi connectivity index (χ0v) is 6.02. The van der Waals surface area contributed by atoms with E-state index >= 15 is 0 Å². The van der Waals surface area contributed by atoms with Crippen molar-refractivity contribution in [2.24, 2.45) is 0 Å². The molecule has 0 spiro atoms. The molecule has 5 heteroatoms. The van der Waals surface area contributed by atoms with Crippen LogP contribution in [0.25, 0.3) is 0 Å². The van der Waals surface area contributed by atoms with Gasteiger partial charge in [-0.3, -0.25) is 4.79 Å². The minimum atomic E-state index is -1.83. The van der Waals surface area contributed by atoms with Gasteiger partial charge in [0.1, 0.15) is 0 Å². The van der Waals surface area contributed by atoms with Gasteiger partial charge in [0.25, 0.3) is 0 Å². The van der Waals surface area contributed by atoms with Crippen LogP contribution in [0.4, 0.5) is 4.79 Å².